The van der Waals surface area contributed by atoms with E-state index in [1.807, 2.05) is 61.5 Å². The number of carbonyl (C=O) groups is 1. The highest BCUT2D eigenvalue weighted by Gasteiger charge is 2.25. The maximum Gasteiger partial charge on any atom is 0.252 e. The Labute approximate surface area is 140 Å². The average Bonchev–Trinajstić information content (AvgIpc) is 3.15. The molecule has 0 spiro atoms. The van der Waals surface area contributed by atoms with Gasteiger partial charge >= 0.3 is 0 Å². The van der Waals surface area contributed by atoms with Crippen LogP contribution in [0.3, 0.4) is 0 Å². The Morgan fingerprint density at radius 2 is 1.83 bits per heavy atom. The van der Waals surface area contributed by atoms with Gasteiger partial charge < -0.3 is 4.90 Å². The second-order valence-electron chi connectivity index (χ2n) is 5.66. The van der Waals surface area contributed by atoms with Crippen LogP contribution in [-0.2, 0) is 11.3 Å². The quantitative estimate of drug-likeness (QED) is 0.725. The molecule has 0 unspecified atom stereocenters. The molecule has 0 fully saturated rings. The van der Waals surface area contributed by atoms with Crippen molar-refractivity contribution >= 4 is 11.6 Å². The lowest BCUT2D eigenvalue weighted by molar-refractivity contribution is -0.121. The minimum absolute atomic E-state index is 0.0551. The molecule has 2 aromatic carbocycles. The molecule has 0 N–H and O–H groups in total. The van der Waals surface area contributed by atoms with Crippen LogP contribution in [-0.4, -0.2) is 26.1 Å². The summed E-state index contributed by atoms with van der Waals surface area (Å²) in [7, 11) is 0. The van der Waals surface area contributed by atoms with Crippen molar-refractivity contribution in [1.29, 1.82) is 0 Å². The van der Waals surface area contributed by atoms with E-state index in [-0.39, 0.29) is 5.91 Å². The summed E-state index contributed by atoms with van der Waals surface area (Å²) in [4.78, 5) is 14.9. The van der Waals surface area contributed by atoms with E-state index < -0.39 is 6.04 Å². The van der Waals surface area contributed by atoms with Crippen molar-refractivity contribution in [3.05, 3.63) is 72.1 Å². The van der Waals surface area contributed by atoms with E-state index in [1.165, 1.54) is 11.0 Å². The lowest BCUT2D eigenvalue weighted by atomic mass is 10.1. The van der Waals surface area contributed by atoms with Gasteiger partial charge in [-0.1, -0.05) is 48.5 Å². The van der Waals surface area contributed by atoms with Gasteiger partial charge in [0, 0.05) is 5.69 Å². The predicted octanol–water partition coefficient (Wildman–Crippen LogP) is 2.78. The molecule has 24 heavy (non-hydrogen) atoms. The van der Waals surface area contributed by atoms with Gasteiger partial charge in [-0.2, -0.15) is 0 Å². The van der Waals surface area contributed by atoms with Gasteiger partial charge in [-0.3, -0.25) is 4.79 Å². The van der Waals surface area contributed by atoms with Crippen LogP contribution in [0.5, 0.6) is 0 Å². The maximum absolute atomic E-state index is 13.1. The van der Waals surface area contributed by atoms with Crippen molar-refractivity contribution < 1.29 is 4.79 Å². The summed E-state index contributed by atoms with van der Waals surface area (Å²) in [6.45, 7) is 4.30. The van der Waals surface area contributed by atoms with Crippen LogP contribution >= 0.6 is 0 Å². The van der Waals surface area contributed by atoms with Crippen LogP contribution in [0.15, 0.2) is 60.9 Å². The van der Waals surface area contributed by atoms with Gasteiger partial charge in [0.15, 0.2) is 0 Å². The van der Waals surface area contributed by atoms with E-state index in [1.54, 1.807) is 11.8 Å². The molecule has 6 heteroatoms. The Bertz CT molecular complexity index is 801. The summed E-state index contributed by atoms with van der Waals surface area (Å²) in [6.07, 6.45) is 1.46. The number of aryl methyl sites for hydroxylation is 1. The fraction of sp³-hybridized carbons (Fsp3) is 0.222. The summed E-state index contributed by atoms with van der Waals surface area (Å²) in [6, 6.07) is 17.3. The van der Waals surface area contributed by atoms with E-state index in [4.69, 9.17) is 0 Å². The summed E-state index contributed by atoms with van der Waals surface area (Å²) >= 11 is 0. The molecule has 1 amide bonds. The number of tetrazole rings is 1. The zero-order valence-electron chi connectivity index (χ0n) is 13.7. The zero-order chi connectivity index (χ0) is 16.9. The molecule has 0 saturated heterocycles. The molecule has 0 aliphatic rings. The zero-order valence-corrected chi connectivity index (χ0v) is 13.7. The third kappa shape index (κ3) is 3.32. The molecule has 0 radical (unpaired) electrons. The molecular weight excluding hydrogens is 302 g/mol. The SMILES string of the molecule is Cc1ccccc1N(Cc1ccccc1)C(=O)[C@H](C)n1cnnn1. The fourth-order valence-corrected chi connectivity index (χ4v) is 2.60. The Hall–Kier alpha value is -3.02. The standard InChI is InChI=1S/C18H19N5O/c1-14-8-6-7-11-17(14)22(12-16-9-4-3-5-10-16)18(24)15(2)23-13-19-20-21-23/h3-11,13,15H,12H2,1-2H3/t15-/m0/s1. The molecule has 0 aliphatic carbocycles. The van der Waals surface area contributed by atoms with Gasteiger partial charge in [0.2, 0.25) is 0 Å². The van der Waals surface area contributed by atoms with Crippen LogP contribution in [0.2, 0.25) is 0 Å². The number of carbonyl (C=O) groups excluding carboxylic acids is 1. The molecule has 0 bridgehead atoms. The summed E-state index contributed by atoms with van der Waals surface area (Å²) in [5.41, 5.74) is 3.01. The fourth-order valence-electron chi connectivity index (χ4n) is 2.60. The number of para-hydroxylation sites is 1. The topological polar surface area (TPSA) is 63.9 Å². The van der Waals surface area contributed by atoms with Gasteiger partial charge in [-0.25, -0.2) is 4.68 Å². The van der Waals surface area contributed by atoms with Crippen LogP contribution in [0.4, 0.5) is 5.69 Å². The first kappa shape index (κ1) is 15.9. The molecule has 0 aliphatic heterocycles. The number of amides is 1. The molecule has 122 valence electrons. The van der Waals surface area contributed by atoms with Crippen LogP contribution < -0.4 is 4.90 Å². The van der Waals surface area contributed by atoms with E-state index in [0.717, 1.165) is 16.8 Å². The summed E-state index contributed by atoms with van der Waals surface area (Å²) < 4.78 is 1.47. The monoisotopic (exact) mass is 321 g/mol. The number of anilines is 1. The summed E-state index contributed by atoms with van der Waals surface area (Å²) in [5.74, 6) is -0.0551. The number of benzene rings is 2. The molecule has 1 heterocycles. The minimum Gasteiger partial charge on any atom is -0.306 e. The van der Waals surface area contributed by atoms with Gasteiger partial charge in [-0.15, -0.1) is 5.10 Å². The van der Waals surface area contributed by atoms with Crippen LogP contribution in [0.1, 0.15) is 24.1 Å². The van der Waals surface area contributed by atoms with Gasteiger partial charge in [0.1, 0.15) is 12.4 Å². The normalized spacial score (nSPS) is 11.9. The molecule has 3 rings (SSSR count). The lowest BCUT2D eigenvalue weighted by Crippen LogP contribution is -2.36. The Kier molecular flexibility index (Phi) is 4.65. The average molecular weight is 321 g/mol. The van der Waals surface area contributed by atoms with Crippen molar-refractivity contribution in [3.8, 4) is 0 Å². The van der Waals surface area contributed by atoms with E-state index in [9.17, 15) is 4.79 Å². The van der Waals surface area contributed by atoms with Crippen LogP contribution in [0, 0.1) is 6.92 Å². The smallest absolute Gasteiger partial charge is 0.252 e. The maximum atomic E-state index is 13.1. The first-order valence-corrected chi connectivity index (χ1v) is 7.80. The van der Waals surface area contributed by atoms with Crippen LogP contribution in [0.25, 0.3) is 0 Å². The molecule has 1 aromatic heterocycles. The lowest BCUT2D eigenvalue weighted by Gasteiger charge is -2.27. The minimum atomic E-state index is -0.483. The van der Waals surface area contributed by atoms with Crippen molar-refractivity contribution in [3.63, 3.8) is 0 Å². The molecule has 1 atom stereocenters. The molecule has 0 saturated carbocycles. The predicted molar refractivity (Wildman–Crippen MR) is 91.3 cm³/mol. The number of hydrogen-bond donors (Lipinski definition) is 0. The van der Waals surface area contributed by atoms with Crippen molar-refractivity contribution in [2.75, 3.05) is 4.90 Å². The second-order valence-corrected chi connectivity index (χ2v) is 5.66. The van der Waals surface area contributed by atoms with Gasteiger partial charge in [-0.05, 0) is 41.5 Å². The third-order valence-electron chi connectivity index (χ3n) is 3.97. The highest BCUT2D eigenvalue weighted by molar-refractivity contribution is 5.96. The van der Waals surface area contributed by atoms with Crippen molar-refractivity contribution in [2.24, 2.45) is 0 Å². The van der Waals surface area contributed by atoms with Gasteiger partial charge in [0.25, 0.3) is 5.91 Å². The first-order valence-electron chi connectivity index (χ1n) is 7.80. The van der Waals surface area contributed by atoms with E-state index in [0.29, 0.717) is 6.54 Å². The highest BCUT2D eigenvalue weighted by Crippen LogP contribution is 2.24. The van der Waals surface area contributed by atoms with E-state index >= 15 is 0 Å². The van der Waals surface area contributed by atoms with Gasteiger partial charge in [0.05, 0.1) is 6.54 Å². The molecule has 6 nitrogen and oxygen atoms in total. The Morgan fingerprint density at radius 3 is 2.50 bits per heavy atom. The number of rotatable bonds is 5. The Balaban J connectivity index is 1.95. The molecular formula is C18H19N5O. The first-order chi connectivity index (χ1) is 11.7. The second kappa shape index (κ2) is 7.04. The largest absolute Gasteiger partial charge is 0.306 e. The molecule has 3 aromatic rings. The van der Waals surface area contributed by atoms with Crippen molar-refractivity contribution in [1.82, 2.24) is 20.2 Å². The van der Waals surface area contributed by atoms with Crippen molar-refractivity contribution in [2.45, 2.75) is 26.4 Å². The van der Waals surface area contributed by atoms with E-state index in [2.05, 4.69) is 15.5 Å². The number of aromatic nitrogens is 4. The number of hydrogen-bond acceptors (Lipinski definition) is 4. The highest BCUT2D eigenvalue weighted by atomic mass is 16.2. The summed E-state index contributed by atoms with van der Waals surface area (Å²) in [5, 5.41) is 11.1. The third-order valence-corrected chi connectivity index (χ3v) is 3.97. The Morgan fingerprint density at radius 1 is 1.12 bits per heavy atom. The number of nitrogens with zero attached hydrogens (tertiary/aromatic N) is 5.